The Morgan fingerprint density at radius 3 is 2.95 bits per heavy atom. The number of methoxy groups -OCH3 is 1. The molecule has 0 saturated heterocycles. The zero-order valence-electron chi connectivity index (χ0n) is 12.7. The normalized spacial score (nSPS) is 17.7. The van der Waals surface area contributed by atoms with E-state index >= 15 is 0 Å². The number of hydrogen-bond donors (Lipinski definition) is 1. The molecule has 2 aromatic rings. The summed E-state index contributed by atoms with van der Waals surface area (Å²) in [5.41, 5.74) is 2.04. The summed E-state index contributed by atoms with van der Waals surface area (Å²) < 4.78 is 11.5. The van der Waals surface area contributed by atoms with Gasteiger partial charge in [-0.1, -0.05) is 6.07 Å². The van der Waals surface area contributed by atoms with Crippen LogP contribution in [0.5, 0.6) is 11.5 Å². The van der Waals surface area contributed by atoms with Gasteiger partial charge in [0.25, 0.3) is 0 Å². The van der Waals surface area contributed by atoms with E-state index in [4.69, 9.17) is 9.47 Å². The van der Waals surface area contributed by atoms with E-state index in [9.17, 15) is 0 Å². The molecule has 5 nitrogen and oxygen atoms in total. The molecule has 112 valence electrons. The maximum atomic E-state index is 6.19. The van der Waals surface area contributed by atoms with Gasteiger partial charge in [-0.25, -0.2) is 0 Å². The maximum Gasteiger partial charge on any atom is 0.128 e. The van der Waals surface area contributed by atoms with E-state index in [0.29, 0.717) is 0 Å². The van der Waals surface area contributed by atoms with Crippen molar-refractivity contribution in [3.63, 3.8) is 0 Å². The third-order valence-corrected chi connectivity index (χ3v) is 3.61. The molecule has 3 rings (SSSR count). The van der Waals surface area contributed by atoms with Crippen molar-refractivity contribution in [1.29, 1.82) is 0 Å². The molecule has 0 bridgehead atoms. The van der Waals surface area contributed by atoms with Crippen molar-refractivity contribution >= 4 is 0 Å². The standard InChI is InChI=1S/C16H21N3O2/c1-16(2)11-19(10-13-6-7-17-18-13)9-12-4-5-14(20-3)8-15(12)21-16/h4-8H,9-11H2,1-3H3,(H,17,18). The van der Waals surface area contributed by atoms with E-state index in [2.05, 4.69) is 35.0 Å². The van der Waals surface area contributed by atoms with E-state index < -0.39 is 0 Å². The highest BCUT2D eigenvalue weighted by molar-refractivity contribution is 5.41. The molecule has 5 heteroatoms. The number of hydrogen-bond acceptors (Lipinski definition) is 4. The Morgan fingerprint density at radius 1 is 1.38 bits per heavy atom. The Balaban J connectivity index is 1.88. The molecule has 0 unspecified atom stereocenters. The fraction of sp³-hybridized carbons (Fsp3) is 0.438. The molecule has 1 aliphatic rings. The minimum absolute atomic E-state index is 0.252. The monoisotopic (exact) mass is 287 g/mol. The van der Waals surface area contributed by atoms with Gasteiger partial charge in [0.1, 0.15) is 17.1 Å². The number of aromatic amines is 1. The highest BCUT2D eigenvalue weighted by atomic mass is 16.5. The zero-order valence-corrected chi connectivity index (χ0v) is 12.7. The van der Waals surface area contributed by atoms with Gasteiger partial charge in [0, 0.05) is 43.2 Å². The highest BCUT2D eigenvalue weighted by Gasteiger charge is 2.29. The summed E-state index contributed by atoms with van der Waals surface area (Å²) in [6.07, 6.45) is 1.79. The number of fused-ring (bicyclic) bond motifs is 1. The minimum Gasteiger partial charge on any atom is -0.497 e. The summed E-state index contributed by atoms with van der Waals surface area (Å²) in [6, 6.07) is 8.04. The van der Waals surface area contributed by atoms with Crippen molar-refractivity contribution in [3.8, 4) is 11.5 Å². The molecule has 0 saturated carbocycles. The van der Waals surface area contributed by atoms with Crippen molar-refractivity contribution in [2.75, 3.05) is 13.7 Å². The van der Waals surface area contributed by atoms with Crippen LogP contribution in [0.4, 0.5) is 0 Å². The Kier molecular flexibility index (Phi) is 3.59. The van der Waals surface area contributed by atoms with Crippen molar-refractivity contribution in [3.05, 3.63) is 41.7 Å². The minimum atomic E-state index is -0.252. The summed E-state index contributed by atoms with van der Waals surface area (Å²) in [4.78, 5) is 2.37. The molecular formula is C16H21N3O2. The van der Waals surface area contributed by atoms with Crippen LogP contribution in [0.15, 0.2) is 30.5 Å². The molecule has 1 aromatic heterocycles. The Labute approximate surface area is 124 Å². The molecule has 0 atom stereocenters. The summed E-state index contributed by atoms with van der Waals surface area (Å²) in [6.45, 7) is 6.76. The maximum absolute atomic E-state index is 6.19. The van der Waals surface area contributed by atoms with Crippen LogP contribution in [-0.4, -0.2) is 34.4 Å². The van der Waals surface area contributed by atoms with E-state index in [1.54, 1.807) is 13.3 Å². The molecule has 0 fully saturated rings. The van der Waals surface area contributed by atoms with Gasteiger partial charge < -0.3 is 9.47 Å². The van der Waals surface area contributed by atoms with E-state index in [0.717, 1.165) is 36.8 Å². The number of H-pyrrole nitrogens is 1. The number of nitrogens with one attached hydrogen (secondary N) is 1. The van der Waals surface area contributed by atoms with Gasteiger partial charge in [0.15, 0.2) is 0 Å². The topological polar surface area (TPSA) is 50.4 Å². The smallest absolute Gasteiger partial charge is 0.128 e. The largest absolute Gasteiger partial charge is 0.497 e. The number of aromatic nitrogens is 2. The molecular weight excluding hydrogens is 266 g/mol. The SMILES string of the molecule is COc1ccc2c(c1)OC(C)(C)CN(Cc1ccn[nH]1)C2. The van der Waals surface area contributed by atoms with Gasteiger partial charge in [-0.3, -0.25) is 10.00 Å². The van der Waals surface area contributed by atoms with E-state index in [1.165, 1.54) is 5.56 Å². The first-order valence-electron chi connectivity index (χ1n) is 7.12. The highest BCUT2D eigenvalue weighted by Crippen LogP contribution is 2.32. The summed E-state index contributed by atoms with van der Waals surface area (Å²) in [7, 11) is 1.67. The molecule has 1 N–H and O–H groups in total. The third kappa shape index (κ3) is 3.19. The van der Waals surface area contributed by atoms with Crippen LogP contribution in [0.3, 0.4) is 0 Å². The predicted molar refractivity (Wildman–Crippen MR) is 80.4 cm³/mol. The lowest BCUT2D eigenvalue weighted by molar-refractivity contribution is 0.0676. The zero-order chi connectivity index (χ0) is 14.9. The number of rotatable bonds is 3. The van der Waals surface area contributed by atoms with Gasteiger partial charge in [-0.15, -0.1) is 0 Å². The van der Waals surface area contributed by atoms with Gasteiger partial charge in [-0.2, -0.15) is 5.10 Å². The first-order chi connectivity index (χ1) is 10.1. The third-order valence-electron chi connectivity index (χ3n) is 3.61. The molecule has 0 amide bonds. The van der Waals surface area contributed by atoms with Crippen LogP contribution in [-0.2, 0) is 13.1 Å². The molecule has 21 heavy (non-hydrogen) atoms. The molecule has 2 heterocycles. The molecule has 1 aromatic carbocycles. The van der Waals surface area contributed by atoms with Crippen LogP contribution >= 0.6 is 0 Å². The summed E-state index contributed by atoms with van der Waals surface area (Å²) in [5.74, 6) is 1.73. The molecule has 1 aliphatic heterocycles. The van der Waals surface area contributed by atoms with E-state index in [1.807, 2.05) is 18.2 Å². The van der Waals surface area contributed by atoms with Crippen molar-refractivity contribution in [1.82, 2.24) is 15.1 Å². The molecule has 0 aliphatic carbocycles. The summed E-state index contributed by atoms with van der Waals surface area (Å²) >= 11 is 0. The van der Waals surface area contributed by atoms with Crippen LogP contribution in [0.25, 0.3) is 0 Å². The van der Waals surface area contributed by atoms with Gasteiger partial charge >= 0.3 is 0 Å². The van der Waals surface area contributed by atoms with Crippen LogP contribution in [0.2, 0.25) is 0 Å². The second kappa shape index (κ2) is 5.41. The Morgan fingerprint density at radius 2 is 2.24 bits per heavy atom. The lowest BCUT2D eigenvalue weighted by Gasteiger charge is -2.29. The Hall–Kier alpha value is -2.01. The van der Waals surface area contributed by atoms with Crippen LogP contribution in [0, 0.1) is 0 Å². The second-order valence-corrected chi connectivity index (χ2v) is 6.06. The predicted octanol–water partition coefficient (Wildman–Crippen LogP) is 2.59. The van der Waals surface area contributed by atoms with Crippen molar-refractivity contribution in [2.24, 2.45) is 0 Å². The van der Waals surface area contributed by atoms with Crippen LogP contribution < -0.4 is 9.47 Å². The van der Waals surface area contributed by atoms with Gasteiger partial charge in [-0.05, 0) is 26.0 Å². The fourth-order valence-corrected chi connectivity index (χ4v) is 2.78. The van der Waals surface area contributed by atoms with Gasteiger partial charge in [0.2, 0.25) is 0 Å². The average Bonchev–Trinajstić information content (AvgIpc) is 2.87. The number of benzene rings is 1. The van der Waals surface area contributed by atoms with Gasteiger partial charge in [0.05, 0.1) is 7.11 Å². The fourth-order valence-electron chi connectivity index (χ4n) is 2.78. The Bertz CT molecular complexity index is 608. The first kappa shape index (κ1) is 13.9. The lowest BCUT2D eigenvalue weighted by atomic mass is 10.1. The number of ether oxygens (including phenoxy) is 2. The quantitative estimate of drug-likeness (QED) is 0.942. The van der Waals surface area contributed by atoms with Crippen LogP contribution in [0.1, 0.15) is 25.1 Å². The number of nitrogens with zero attached hydrogens (tertiary/aromatic N) is 2. The second-order valence-electron chi connectivity index (χ2n) is 6.06. The average molecular weight is 287 g/mol. The first-order valence-corrected chi connectivity index (χ1v) is 7.12. The van der Waals surface area contributed by atoms with E-state index in [-0.39, 0.29) is 5.60 Å². The molecule has 0 spiro atoms. The van der Waals surface area contributed by atoms with Crippen molar-refractivity contribution < 1.29 is 9.47 Å². The molecule has 0 radical (unpaired) electrons. The van der Waals surface area contributed by atoms with Crippen molar-refractivity contribution in [2.45, 2.75) is 32.5 Å². The lowest BCUT2D eigenvalue weighted by Crippen LogP contribution is -2.40. The summed E-state index contributed by atoms with van der Waals surface area (Å²) in [5, 5.41) is 7.04.